The molecule has 0 aliphatic rings. The summed E-state index contributed by atoms with van der Waals surface area (Å²) in [4.78, 5) is 13.7. The van der Waals surface area contributed by atoms with Crippen molar-refractivity contribution >= 4 is 34.1 Å². The van der Waals surface area contributed by atoms with Crippen LogP contribution in [0.2, 0.25) is 0 Å². The van der Waals surface area contributed by atoms with Gasteiger partial charge in [-0.2, -0.15) is 0 Å². The Kier molecular flexibility index (Phi) is 4.75. The summed E-state index contributed by atoms with van der Waals surface area (Å²) >= 11 is 1.68. The molecule has 3 nitrogen and oxygen atoms in total. The van der Waals surface area contributed by atoms with Gasteiger partial charge in [0.15, 0.2) is 5.76 Å². The number of thioether (sulfide) groups is 1. The Labute approximate surface area is 156 Å². The van der Waals surface area contributed by atoms with Gasteiger partial charge in [0.05, 0.1) is 5.75 Å². The van der Waals surface area contributed by atoms with Crippen LogP contribution in [0.4, 0.5) is 5.69 Å². The van der Waals surface area contributed by atoms with Crippen LogP contribution in [0.25, 0.3) is 10.8 Å². The van der Waals surface area contributed by atoms with Crippen LogP contribution in [0.1, 0.15) is 16.3 Å². The van der Waals surface area contributed by atoms with Crippen LogP contribution in [0.15, 0.2) is 94.2 Å². The summed E-state index contributed by atoms with van der Waals surface area (Å²) in [6.07, 6.45) is 0. The summed E-state index contributed by atoms with van der Waals surface area (Å²) in [5.41, 5.74) is 0.782. The predicted molar refractivity (Wildman–Crippen MR) is 107 cm³/mol. The molecule has 1 aromatic heterocycles. The minimum absolute atomic E-state index is 0.239. The van der Waals surface area contributed by atoms with Crippen molar-refractivity contribution < 1.29 is 9.21 Å². The molecule has 3 aromatic carbocycles. The maximum atomic E-state index is 12.5. The molecule has 1 N–H and O–H groups in total. The highest BCUT2D eigenvalue weighted by atomic mass is 32.2. The van der Waals surface area contributed by atoms with Crippen molar-refractivity contribution in [1.29, 1.82) is 0 Å². The average Bonchev–Trinajstić information content (AvgIpc) is 3.17. The van der Waals surface area contributed by atoms with E-state index in [9.17, 15) is 4.79 Å². The largest absolute Gasteiger partial charge is 0.455 e. The Hall–Kier alpha value is -2.98. The Morgan fingerprint density at radius 3 is 2.50 bits per heavy atom. The van der Waals surface area contributed by atoms with E-state index in [1.54, 1.807) is 17.8 Å². The van der Waals surface area contributed by atoms with Crippen LogP contribution in [-0.2, 0) is 5.75 Å². The van der Waals surface area contributed by atoms with E-state index in [-0.39, 0.29) is 5.91 Å². The van der Waals surface area contributed by atoms with Gasteiger partial charge < -0.3 is 9.73 Å². The molecule has 0 spiro atoms. The normalized spacial score (nSPS) is 10.8. The zero-order valence-electron chi connectivity index (χ0n) is 14.0. The first-order chi connectivity index (χ1) is 12.8. The molecule has 1 amide bonds. The monoisotopic (exact) mass is 359 g/mol. The third kappa shape index (κ3) is 3.65. The fourth-order valence-electron chi connectivity index (χ4n) is 2.77. The van der Waals surface area contributed by atoms with Gasteiger partial charge in [0.2, 0.25) is 0 Å². The second-order valence-electron chi connectivity index (χ2n) is 5.85. The van der Waals surface area contributed by atoms with Crippen LogP contribution in [-0.4, -0.2) is 5.91 Å². The molecule has 4 aromatic rings. The number of benzene rings is 3. The van der Waals surface area contributed by atoms with E-state index in [2.05, 4.69) is 17.4 Å². The molecule has 0 aliphatic carbocycles. The third-order valence-corrected chi connectivity index (χ3v) is 5.08. The number of nitrogens with one attached hydrogen (secondary N) is 1. The SMILES string of the molecule is O=C(Nc1cccc2ccccc12)c1ccc(CSc2ccccc2)o1. The van der Waals surface area contributed by atoms with E-state index in [4.69, 9.17) is 4.42 Å². The number of fused-ring (bicyclic) bond motifs is 1. The predicted octanol–water partition coefficient (Wildman–Crippen LogP) is 5.98. The van der Waals surface area contributed by atoms with Crippen LogP contribution < -0.4 is 5.32 Å². The van der Waals surface area contributed by atoms with E-state index in [0.717, 1.165) is 22.2 Å². The van der Waals surface area contributed by atoms with Gasteiger partial charge in [-0.3, -0.25) is 4.79 Å². The summed E-state index contributed by atoms with van der Waals surface area (Å²) in [5.74, 6) is 1.55. The molecule has 0 unspecified atom stereocenters. The molecule has 0 bridgehead atoms. The second-order valence-corrected chi connectivity index (χ2v) is 6.90. The highest BCUT2D eigenvalue weighted by Crippen LogP contribution is 2.25. The number of hydrogen-bond donors (Lipinski definition) is 1. The first-order valence-corrected chi connectivity index (χ1v) is 9.34. The van der Waals surface area contributed by atoms with E-state index >= 15 is 0 Å². The topological polar surface area (TPSA) is 42.2 Å². The highest BCUT2D eigenvalue weighted by Gasteiger charge is 2.13. The molecular weight excluding hydrogens is 342 g/mol. The van der Waals surface area contributed by atoms with Gasteiger partial charge in [0.1, 0.15) is 5.76 Å². The standard InChI is InChI=1S/C22H17NO2S/c24-22(23-20-12-6-8-16-7-4-5-11-19(16)20)21-14-13-17(25-21)15-26-18-9-2-1-3-10-18/h1-14H,15H2,(H,23,24). The van der Waals surface area contributed by atoms with Crippen LogP contribution in [0.5, 0.6) is 0 Å². The Balaban J connectivity index is 1.46. The molecule has 4 rings (SSSR count). The van der Waals surface area contributed by atoms with Gasteiger partial charge in [-0.25, -0.2) is 0 Å². The molecule has 0 atom stereocenters. The van der Waals surface area contributed by atoms with Crippen molar-refractivity contribution in [3.63, 3.8) is 0 Å². The molecule has 0 saturated heterocycles. The molecule has 128 valence electrons. The summed E-state index contributed by atoms with van der Waals surface area (Å²) in [6.45, 7) is 0. The van der Waals surface area contributed by atoms with Crippen molar-refractivity contribution in [2.24, 2.45) is 0 Å². The molecule has 26 heavy (non-hydrogen) atoms. The summed E-state index contributed by atoms with van der Waals surface area (Å²) < 4.78 is 5.72. The Morgan fingerprint density at radius 1 is 0.846 bits per heavy atom. The molecule has 4 heteroatoms. The number of amides is 1. The summed E-state index contributed by atoms with van der Waals surface area (Å²) in [6, 6.07) is 27.5. The van der Waals surface area contributed by atoms with Gasteiger partial charge in [0.25, 0.3) is 5.91 Å². The van der Waals surface area contributed by atoms with E-state index in [1.165, 1.54) is 4.90 Å². The summed E-state index contributed by atoms with van der Waals surface area (Å²) in [7, 11) is 0. The second kappa shape index (κ2) is 7.50. The fourth-order valence-corrected chi connectivity index (χ4v) is 3.58. The van der Waals surface area contributed by atoms with E-state index in [0.29, 0.717) is 11.5 Å². The molecule has 0 saturated carbocycles. The van der Waals surface area contributed by atoms with Crippen molar-refractivity contribution in [2.75, 3.05) is 5.32 Å². The first-order valence-electron chi connectivity index (χ1n) is 8.35. The van der Waals surface area contributed by atoms with Gasteiger partial charge in [-0.15, -0.1) is 11.8 Å². The quantitative estimate of drug-likeness (QED) is 0.446. The van der Waals surface area contributed by atoms with E-state index < -0.39 is 0 Å². The molecule has 0 aliphatic heterocycles. The zero-order valence-corrected chi connectivity index (χ0v) is 14.8. The van der Waals surface area contributed by atoms with Crippen molar-refractivity contribution in [3.8, 4) is 0 Å². The smallest absolute Gasteiger partial charge is 0.291 e. The van der Waals surface area contributed by atoms with Gasteiger partial charge in [-0.1, -0.05) is 54.6 Å². The Bertz CT molecular complexity index is 1030. The minimum Gasteiger partial charge on any atom is -0.455 e. The van der Waals surface area contributed by atoms with Crippen molar-refractivity contribution in [2.45, 2.75) is 10.6 Å². The number of rotatable bonds is 5. The van der Waals surface area contributed by atoms with Crippen molar-refractivity contribution in [3.05, 3.63) is 96.4 Å². The molecular formula is C22H17NO2S. The third-order valence-electron chi connectivity index (χ3n) is 4.05. The number of hydrogen-bond acceptors (Lipinski definition) is 3. The lowest BCUT2D eigenvalue weighted by Crippen LogP contribution is -2.11. The van der Waals surface area contributed by atoms with Crippen LogP contribution >= 0.6 is 11.8 Å². The maximum absolute atomic E-state index is 12.5. The number of anilines is 1. The minimum atomic E-state index is -0.239. The lowest BCUT2D eigenvalue weighted by atomic mass is 10.1. The highest BCUT2D eigenvalue weighted by molar-refractivity contribution is 7.98. The van der Waals surface area contributed by atoms with E-state index in [1.807, 2.05) is 66.7 Å². The molecule has 1 heterocycles. The van der Waals surface area contributed by atoms with Crippen molar-refractivity contribution in [1.82, 2.24) is 0 Å². The Morgan fingerprint density at radius 2 is 1.62 bits per heavy atom. The summed E-state index contributed by atoms with van der Waals surface area (Å²) in [5, 5.41) is 5.05. The van der Waals surface area contributed by atoms with Gasteiger partial charge in [0, 0.05) is 16.0 Å². The lowest BCUT2D eigenvalue weighted by molar-refractivity contribution is 0.0995. The number of carbonyl (C=O) groups is 1. The fraction of sp³-hybridized carbons (Fsp3) is 0.0455. The zero-order chi connectivity index (χ0) is 17.8. The molecule has 0 fully saturated rings. The maximum Gasteiger partial charge on any atom is 0.291 e. The van der Waals surface area contributed by atoms with Gasteiger partial charge in [-0.05, 0) is 35.7 Å². The lowest BCUT2D eigenvalue weighted by Gasteiger charge is -2.07. The van der Waals surface area contributed by atoms with Crippen LogP contribution in [0, 0.1) is 0 Å². The number of carbonyl (C=O) groups excluding carboxylic acids is 1. The first kappa shape index (κ1) is 16.5. The number of furan rings is 1. The van der Waals surface area contributed by atoms with Crippen LogP contribution in [0.3, 0.4) is 0 Å². The average molecular weight is 359 g/mol. The molecule has 0 radical (unpaired) electrons. The van der Waals surface area contributed by atoms with Gasteiger partial charge >= 0.3 is 0 Å².